The highest BCUT2D eigenvalue weighted by Crippen LogP contribution is 2.33. The van der Waals surface area contributed by atoms with Crippen LogP contribution in [0.3, 0.4) is 0 Å². The van der Waals surface area contributed by atoms with Gasteiger partial charge in [0.15, 0.2) is 22.8 Å². The summed E-state index contributed by atoms with van der Waals surface area (Å²) in [7, 11) is 0. The van der Waals surface area contributed by atoms with Crippen molar-refractivity contribution in [2.24, 2.45) is 5.92 Å². The molecule has 0 spiro atoms. The molecule has 0 radical (unpaired) electrons. The first-order chi connectivity index (χ1) is 13.2. The third-order valence-electron chi connectivity index (χ3n) is 5.11. The highest BCUT2D eigenvalue weighted by atomic mass is 19.4. The van der Waals surface area contributed by atoms with Gasteiger partial charge in [-0.3, -0.25) is 4.79 Å². The van der Waals surface area contributed by atoms with E-state index in [1.807, 2.05) is 6.92 Å². The third kappa shape index (κ3) is 3.25. The summed E-state index contributed by atoms with van der Waals surface area (Å²) in [5.41, 5.74) is -1.08. The lowest BCUT2D eigenvalue weighted by atomic mass is 9.93. The molecule has 1 amide bonds. The van der Waals surface area contributed by atoms with Crippen LogP contribution in [0.15, 0.2) is 34.9 Å². The number of rotatable bonds is 2. The molecule has 0 N–H and O–H groups in total. The molecule has 4 rings (SSSR count). The fourth-order valence-corrected chi connectivity index (χ4v) is 3.69. The summed E-state index contributed by atoms with van der Waals surface area (Å²) in [6, 6.07) is 5.28. The van der Waals surface area contributed by atoms with Crippen LogP contribution in [0.5, 0.6) is 0 Å². The minimum atomic E-state index is -4.66. The summed E-state index contributed by atoms with van der Waals surface area (Å²) in [6.07, 6.45) is -1.59. The molecule has 0 unspecified atom stereocenters. The van der Waals surface area contributed by atoms with Gasteiger partial charge in [-0.2, -0.15) is 18.3 Å². The van der Waals surface area contributed by atoms with Gasteiger partial charge in [0.1, 0.15) is 5.69 Å². The van der Waals surface area contributed by atoms with E-state index in [-0.39, 0.29) is 34.7 Å². The average molecular weight is 392 g/mol. The van der Waals surface area contributed by atoms with E-state index >= 15 is 0 Å². The van der Waals surface area contributed by atoms with Gasteiger partial charge in [0.25, 0.3) is 5.91 Å². The van der Waals surface area contributed by atoms with Gasteiger partial charge in [-0.05, 0) is 43.9 Å². The molecular weight excluding hydrogens is 373 g/mol. The molecule has 0 saturated carbocycles. The Kier molecular flexibility index (Phi) is 4.40. The van der Waals surface area contributed by atoms with Crippen LogP contribution >= 0.6 is 0 Å². The molecule has 9 heteroatoms. The SMILES string of the molecule is C[C@H]1CCN(C(=O)c2cc3nc(-c4ccco4)cc(C(F)(F)F)n3n2)[C@H](C)C1. The second kappa shape index (κ2) is 6.65. The van der Waals surface area contributed by atoms with Gasteiger partial charge in [0.2, 0.25) is 0 Å². The Morgan fingerprint density at radius 2 is 2.07 bits per heavy atom. The first kappa shape index (κ1) is 18.5. The maximum Gasteiger partial charge on any atom is 0.433 e. The summed E-state index contributed by atoms with van der Waals surface area (Å²) < 4.78 is 46.6. The second-order valence-corrected chi connectivity index (χ2v) is 7.28. The summed E-state index contributed by atoms with van der Waals surface area (Å²) >= 11 is 0. The van der Waals surface area contributed by atoms with Crippen LogP contribution in [-0.4, -0.2) is 38.0 Å². The predicted octanol–water partition coefficient (Wildman–Crippen LogP) is 4.27. The quantitative estimate of drug-likeness (QED) is 0.653. The Morgan fingerprint density at radius 1 is 1.29 bits per heavy atom. The van der Waals surface area contributed by atoms with Crippen LogP contribution < -0.4 is 0 Å². The number of alkyl halides is 3. The second-order valence-electron chi connectivity index (χ2n) is 7.28. The van der Waals surface area contributed by atoms with Crippen molar-refractivity contribution in [2.75, 3.05) is 6.54 Å². The van der Waals surface area contributed by atoms with Crippen molar-refractivity contribution in [3.8, 4) is 11.5 Å². The van der Waals surface area contributed by atoms with E-state index in [4.69, 9.17) is 4.42 Å². The molecule has 1 aliphatic heterocycles. The Morgan fingerprint density at radius 3 is 2.71 bits per heavy atom. The van der Waals surface area contributed by atoms with Gasteiger partial charge < -0.3 is 9.32 Å². The smallest absolute Gasteiger partial charge is 0.433 e. The number of carbonyl (C=O) groups is 1. The van der Waals surface area contributed by atoms with Gasteiger partial charge in [-0.25, -0.2) is 9.50 Å². The van der Waals surface area contributed by atoms with Crippen molar-refractivity contribution in [2.45, 2.75) is 38.9 Å². The predicted molar refractivity (Wildman–Crippen MR) is 94.6 cm³/mol. The molecule has 0 bridgehead atoms. The van der Waals surface area contributed by atoms with Crippen molar-refractivity contribution in [1.82, 2.24) is 19.5 Å². The van der Waals surface area contributed by atoms with E-state index in [0.29, 0.717) is 17.0 Å². The third-order valence-corrected chi connectivity index (χ3v) is 5.11. The number of fused-ring (bicyclic) bond motifs is 1. The van der Waals surface area contributed by atoms with Crippen LogP contribution in [0.1, 0.15) is 42.9 Å². The Hall–Kier alpha value is -2.84. The molecule has 6 nitrogen and oxygen atoms in total. The van der Waals surface area contributed by atoms with Crippen molar-refractivity contribution in [3.05, 3.63) is 41.9 Å². The van der Waals surface area contributed by atoms with Gasteiger partial charge in [0.05, 0.1) is 6.26 Å². The number of hydrogen-bond acceptors (Lipinski definition) is 4. The first-order valence-electron chi connectivity index (χ1n) is 9.07. The zero-order valence-electron chi connectivity index (χ0n) is 15.4. The van der Waals surface area contributed by atoms with Crippen LogP contribution in [0.4, 0.5) is 13.2 Å². The van der Waals surface area contributed by atoms with Crippen molar-refractivity contribution >= 4 is 11.6 Å². The van der Waals surface area contributed by atoms with Crippen molar-refractivity contribution in [1.29, 1.82) is 0 Å². The Balaban J connectivity index is 1.78. The number of hydrogen-bond donors (Lipinski definition) is 0. The van der Waals surface area contributed by atoms with Crippen molar-refractivity contribution in [3.63, 3.8) is 0 Å². The molecule has 2 atom stereocenters. The number of piperidine rings is 1. The maximum atomic E-state index is 13.6. The van der Waals surface area contributed by atoms with E-state index in [1.54, 1.807) is 11.0 Å². The van der Waals surface area contributed by atoms with Crippen LogP contribution in [0, 0.1) is 5.92 Å². The molecule has 1 aliphatic rings. The first-order valence-corrected chi connectivity index (χ1v) is 9.07. The zero-order valence-corrected chi connectivity index (χ0v) is 15.4. The van der Waals surface area contributed by atoms with E-state index in [0.717, 1.165) is 18.9 Å². The Bertz CT molecular complexity index is 1010. The molecule has 0 aliphatic carbocycles. The molecular formula is C19H19F3N4O2. The maximum absolute atomic E-state index is 13.6. The lowest BCUT2D eigenvalue weighted by Gasteiger charge is -2.36. The molecule has 148 valence electrons. The molecule has 3 aromatic rings. The van der Waals surface area contributed by atoms with Gasteiger partial charge in [-0.15, -0.1) is 0 Å². The lowest BCUT2D eigenvalue weighted by molar-refractivity contribution is -0.142. The monoisotopic (exact) mass is 392 g/mol. The number of furan rings is 1. The number of nitrogens with zero attached hydrogens (tertiary/aromatic N) is 4. The highest BCUT2D eigenvalue weighted by Gasteiger charge is 2.36. The molecule has 4 heterocycles. The van der Waals surface area contributed by atoms with Crippen LogP contribution in [-0.2, 0) is 6.18 Å². The largest absolute Gasteiger partial charge is 0.463 e. The fourth-order valence-electron chi connectivity index (χ4n) is 3.69. The summed E-state index contributed by atoms with van der Waals surface area (Å²) in [5, 5.41) is 3.94. The van der Waals surface area contributed by atoms with E-state index < -0.39 is 11.9 Å². The summed E-state index contributed by atoms with van der Waals surface area (Å²) in [4.78, 5) is 18.8. The average Bonchev–Trinajstić information content (AvgIpc) is 3.29. The zero-order chi connectivity index (χ0) is 20.1. The number of carbonyl (C=O) groups excluding carboxylic acids is 1. The van der Waals surface area contributed by atoms with Crippen LogP contribution in [0.2, 0.25) is 0 Å². The van der Waals surface area contributed by atoms with Crippen molar-refractivity contribution < 1.29 is 22.4 Å². The number of amides is 1. The van der Waals surface area contributed by atoms with E-state index in [1.165, 1.54) is 18.4 Å². The Labute approximate surface area is 159 Å². The number of halogens is 3. The molecule has 1 saturated heterocycles. The number of aromatic nitrogens is 3. The molecule has 0 aromatic carbocycles. The molecule has 28 heavy (non-hydrogen) atoms. The van der Waals surface area contributed by atoms with E-state index in [9.17, 15) is 18.0 Å². The topological polar surface area (TPSA) is 63.6 Å². The minimum Gasteiger partial charge on any atom is -0.463 e. The fraction of sp³-hybridized carbons (Fsp3) is 0.421. The van der Waals surface area contributed by atoms with E-state index in [2.05, 4.69) is 17.0 Å². The van der Waals surface area contributed by atoms with Gasteiger partial charge in [0, 0.05) is 18.7 Å². The highest BCUT2D eigenvalue weighted by molar-refractivity contribution is 5.93. The summed E-state index contributed by atoms with van der Waals surface area (Å²) in [6.45, 7) is 4.63. The van der Waals surface area contributed by atoms with Gasteiger partial charge in [-0.1, -0.05) is 6.92 Å². The number of likely N-dealkylation sites (tertiary alicyclic amines) is 1. The standard InChI is InChI=1S/C19H19F3N4O2/c1-11-5-6-25(12(2)8-11)18(27)14-10-17-23-13(15-4-3-7-28-15)9-16(19(20,21)22)26(17)24-14/h3-4,7,9-12H,5-6,8H2,1-2H3/t11-,12+/m0/s1. The molecule has 1 fully saturated rings. The lowest BCUT2D eigenvalue weighted by Crippen LogP contribution is -2.44. The van der Waals surface area contributed by atoms with Crippen LogP contribution in [0.25, 0.3) is 17.1 Å². The summed E-state index contributed by atoms with van der Waals surface area (Å²) in [5.74, 6) is 0.341. The minimum absolute atomic E-state index is 0.00906. The van der Waals surface area contributed by atoms with Gasteiger partial charge >= 0.3 is 6.18 Å². The normalized spacial score (nSPS) is 20.7. The molecule has 3 aromatic heterocycles.